The quantitative estimate of drug-likeness (QED) is 0.668. The van der Waals surface area contributed by atoms with Crippen molar-refractivity contribution in [1.29, 1.82) is 0 Å². The lowest BCUT2D eigenvalue weighted by molar-refractivity contribution is -0.384. The van der Waals surface area contributed by atoms with Crippen LogP contribution in [-0.4, -0.2) is 32.6 Å². The lowest BCUT2D eigenvalue weighted by atomic mass is 10.3. The first-order valence-corrected chi connectivity index (χ1v) is 7.30. The lowest BCUT2D eigenvalue weighted by Gasteiger charge is -2.11. The van der Waals surface area contributed by atoms with Gasteiger partial charge in [-0.2, -0.15) is 0 Å². The van der Waals surface area contributed by atoms with Crippen molar-refractivity contribution in [3.63, 3.8) is 0 Å². The summed E-state index contributed by atoms with van der Waals surface area (Å²) in [5, 5.41) is 10.6. The molecule has 1 unspecified atom stereocenters. The molecule has 1 aliphatic heterocycles. The van der Waals surface area contributed by atoms with Gasteiger partial charge in [0.1, 0.15) is 5.02 Å². The van der Waals surface area contributed by atoms with Gasteiger partial charge in [-0.1, -0.05) is 11.6 Å². The van der Waals surface area contributed by atoms with Crippen molar-refractivity contribution in [3.8, 4) is 0 Å². The molecule has 0 bridgehead atoms. The number of nitro benzene ring substituents is 1. The van der Waals surface area contributed by atoms with Crippen LogP contribution in [0.15, 0.2) is 23.1 Å². The molecule has 0 spiro atoms. The Morgan fingerprint density at radius 3 is 2.79 bits per heavy atom. The molecule has 1 fully saturated rings. The molecule has 7 nitrogen and oxygen atoms in total. The molecule has 0 aromatic heterocycles. The summed E-state index contributed by atoms with van der Waals surface area (Å²) >= 11 is 5.63. The molecule has 0 aliphatic carbocycles. The van der Waals surface area contributed by atoms with E-state index in [9.17, 15) is 18.5 Å². The summed E-state index contributed by atoms with van der Waals surface area (Å²) < 4.78 is 31.6. The molecule has 1 saturated heterocycles. The Morgan fingerprint density at radius 1 is 1.47 bits per heavy atom. The van der Waals surface area contributed by atoms with Crippen molar-refractivity contribution in [3.05, 3.63) is 33.3 Å². The third kappa shape index (κ3) is 3.21. The van der Waals surface area contributed by atoms with E-state index in [0.717, 1.165) is 6.07 Å². The first-order chi connectivity index (χ1) is 8.90. The number of rotatable bonds is 4. The van der Waals surface area contributed by atoms with E-state index in [4.69, 9.17) is 16.3 Å². The second-order valence-electron chi connectivity index (χ2n) is 4.05. The summed E-state index contributed by atoms with van der Waals surface area (Å²) in [4.78, 5) is 9.82. The molecule has 19 heavy (non-hydrogen) atoms. The Kier molecular flexibility index (Phi) is 4.04. The number of sulfonamides is 1. The van der Waals surface area contributed by atoms with Crippen molar-refractivity contribution >= 4 is 27.3 Å². The van der Waals surface area contributed by atoms with Crippen molar-refractivity contribution in [2.75, 3.05) is 13.2 Å². The van der Waals surface area contributed by atoms with Crippen LogP contribution in [0.3, 0.4) is 0 Å². The Morgan fingerprint density at radius 2 is 2.21 bits per heavy atom. The van der Waals surface area contributed by atoms with Crippen molar-refractivity contribution in [2.24, 2.45) is 0 Å². The zero-order valence-corrected chi connectivity index (χ0v) is 11.3. The molecule has 1 heterocycles. The Bertz CT molecular complexity index is 598. The van der Waals surface area contributed by atoms with Gasteiger partial charge in [0.2, 0.25) is 10.0 Å². The Balaban J connectivity index is 2.29. The molecule has 0 radical (unpaired) electrons. The van der Waals surface area contributed by atoms with Gasteiger partial charge in [-0.25, -0.2) is 13.1 Å². The lowest BCUT2D eigenvalue weighted by Crippen LogP contribution is -2.35. The van der Waals surface area contributed by atoms with Crippen molar-refractivity contribution < 1.29 is 18.1 Å². The Hall–Kier alpha value is -1.22. The molecule has 1 atom stereocenters. The number of benzene rings is 1. The fourth-order valence-electron chi connectivity index (χ4n) is 1.71. The largest absolute Gasteiger partial charge is 0.380 e. The summed E-state index contributed by atoms with van der Waals surface area (Å²) in [6, 6.07) is 3.06. The summed E-state index contributed by atoms with van der Waals surface area (Å²) in [5.41, 5.74) is -0.438. The van der Waals surface area contributed by atoms with Crippen LogP contribution in [0, 0.1) is 10.1 Å². The molecule has 9 heteroatoms. The molecule has 1 N–H and O–H groups in total. The first kappa shape index (κ1) is 14.2. The molecule has 2 rings (SSSR count). The minimum absolute atomic E-state index is 0.104. The zero-order chi connectivity index (χ0) is 14.0. The van der Waals surface area contributed by atoms with Gasteiger partial charge in [-0.15, -0.1) is 0 Å². The average Bonchev–Trinajstić information content (AvgIpc) is 2.80. The predicted octanol–water partition coefficient (Wildman–Crippen LogP) is 1.32. The van der Waals surface area contributed by atoms with E-state index >= 15 is 0 Å². The van der Waals surface area contributed by atoms with Gasteiger partial charge in [-0.05, 0) is 18.6 Å². The summed E-state index contributed by atoms with van der Waals surface area (Å²) in [6.45, 7) is 0.795. The number of ether oxygens (including phenoxy) is 1. The molecular formula is C10H11ClN2O5S. The fraction of sp³-hybridized carbons (Fsp3) is 0.400. The maximum atomic E-state index is 12.0. The van der Waals surface area contributed by atoms with E-state index in [0.29, 0.717) is 19.6 Å². The number of hydrogen-bond acceptors (Lipinski definition) is 5. The smallest absolute Gasteiger partial charge is 0.289 e. The highest BCUT2D eigenvalue weighted by atomic mass is 35.5. The van der Waals surface area contributed by atoms with Crippen molar-refractivity contribution in [2.45, 2.75) is 17.4 Å². The minimum atomic E-state index is -3.81. The van der Waals surface area contributed by atoms with Crippen LogP contribution in [0.4, 0.5) is 5.69 Å². The first-order valence-electron chi connectivity index (χ1n) is 5.44. The highest BCUT2D eigenvalue weighted by molar-refractivity contribution is 7.89. The SMILES string of the molecule is O=[N+]([O-])c1cc(S(=O)(=O)NC2CCOC2)ccc1Cl. The van der Waals surface area contributed by atoms with Gasteiger partial charge >= 0.3 is 0 Å². The highest BCUT2D eigenvalue weighted by Crippen LogP contribution is 2.27. The van der Waals surface area contributed by atoms with E-state index in [-0.39, 0.29) is 16.0 Å². The molecule has 0 amide bonds. The summed E-state index contributed by atoms with van der Waals surface area (Å²) in [6.07, 6.45) is 0.578. The van der Waals surface area contributed by atoms with Gasteiger partial charge in [0.15, 0.2) is 0 Å². The van der Waals surface area contributed by atoms with Crippen LogP contribution in [0.25, 0.3) is 0 Å². The van der Waals surface area contributed by atoms with Gasteiger partial charge in [-0.3, -0.25) is 10.1 Å². The zero-order valence-electron chi connectivity index (χ0n) is 9.71. The van der Waals surface area contributed by atoms with Gasteiger partial charge < -0.3 is 4.74 Å². The van der Waals surface area contributed by atoms with Gasteiger partial charge in [0.05, 0.1) is 16.4 Å². The van der Waals surface area contributed by atoms with E-state index in [1.165, 1.54) is 12.1 Å². The number of halogens is 1. The third-order valence-electron chi connectivity index (χ3n) is 2.68. The summed E-state index contributed by atoms with van der Waals surface area (Å²) in [7, 11) is -3.81. The molecule has 1 aliphatic rings. The third-order valence-corrected chi connectivity index (χ3v) is 4.51. The topological polar surface area (TPSA) is 98.5 Å². The van der Waals surface area contributed by atoms with Crippen molar-refractivity contribution in [1.82, 2.24) is 4.72 Å². The number of nitro groups is 1. The molecule has 0 saturated carbocycles. The van der Waals surface area contributed by atoms with Crippen LogP contribution in [0.2, 0.25) is 5.02 Å². The maximum Gasteiger partial charge on any atom is 0.289 e. The van der Waals surface area contributed by atoms with E-state index in [1.807, 2.05) is 0 Å². The van der Waals surface area contributed by atoms with Crippen LogP contribution < -0.4 is 4.72 Å². The van der Waals surface area contributed by atoms with Crippen LogP contribution in [0.5, 0.6) is 0 Å². The number of nitrogens with zero attached hydrogens (tertiary/aromatic N) is 1. The van der Waals surface area contributed by atoms with E-state index < -0.39 is 20.6 Å². The molecule has 1 aromatic rings. The monoisotopic (exact) mass is 306 g/mol. The van der Waals surface area contributed by atoms with Gasteiger partial charge in [0.25, 0.3) is 5.69 Å². The maximum absolute atomic E-state index is 12.0. The van der Waals surface area contributed by atoms with E-state index in [1.54, 1.807) is 0 Å². The minimum Gasteiger partial charge on any atom is -0.380 e. The normalized spacial score (nSPS) is 19.5. The highest BCUT2D eigenvalue weighted by Gasteiger charge is 2.25. The summed E-state index contributed by atoms with van der Waals surface area (Å²) in [5.74, 6) is 0. The van der Waals surface area contributed by atoms with Crippen LogP contribution in [-0.2, 0) is 14.8 Å². The molecule has 1 aromatic carbocycles. The molecular weight excluding hydrogens is 296 g/mol. The van der Waals surface area contributed by atoms with E-state index in [2.05, 4.69) is 4.72 Å². The Labute approximate surface area is 114 Å². The second kappa shape index (κ2) is 5.41. The number of nitrogens with one attached hydrogen (secondary N) is 1. The van der Waals surface area contributed by atoms with Gasteiger partial charge in [0, 0.05) is 18.7 Å². The second-order valence-corrected chi connectivity index (χ2v) is 6.17. The number of hydrogen-bond donors (Lipinski definition) is 1. The average molecular weight is 307 g/mol. The van der Waals surface area contributed by atoms with Crippen LogP contribution >= 0.6 is 11.6 Å². The fourth-order valence-corrected chi connectivity index (χ4v) is 3.18. The predicted molar refractivity (Wildman–Crippen MR) is 67.7 cm³/mol. The standard InChI is InChI=1S/C10H11ClN2O5S/c11-9-2-1-8(5-10(9)13(14)15)19(16,17)12-7-3-4-18-6-7/h1-2,5,7,12H,3-4,6H2. The molecule has 104 valence electrons. The van der Waals surface area contributed by atoms with Crippen LogP contribution in [0.1, 0.15) is 6.42 Å².